The van der Waals surface area contributed by atoms with Crippen LogP contribution >= 0.6 is 11.3 Å². The molecule has 24 heavy (non-hydrogen) atoms. The minimum Gasteiger partial charge on any atom is -0.347 e. The summed E-state index contributed by atoms with van der Waals surface area (Å²) in [5.41, 5.74) is 1.27. The first-order chi connectivity index (χ1) is 11.8. The van der Waals surface area contributed by atoms with Crippen LogP contribution in [0, 0.1) is 5.92 Å². The highest BCUT2D eigenvalue weighted by molar-refractivity contribution is 7.17. The summed E-state index contributed by atoms with van der Waals surface area (Å²) in [7, 11) is 0. The van der Waals surface area contributed by atoms with Gasteiger partial charge in [0.1, 0.15) is 0 Å². The quantitative estimate of drug-likeness (QED) is 0.899. The largest absolute Gasteiger partial charge is 0.347 e. The van der Waals surface area contributed by atoms with Crippen molar-refractivity contribution in [2.24, 2.45) is 5.92 Å². The lowest BCUT2D eigenvalue weighted by Gasteiger charge is -2.29. The lowest BCUT2D eigenvalue weighted by molar-refractivity contribution is 0.437. The first kappa shape index (κ1) is 16.1. The fourth-order valence-electron chi connectivity index (χ4n) is 3.76. The van der Waals surface area contributed by atoms with Crippen LogP contribution in [0.1, 0.15) is 51.1 Å². The Kier molecular flexibility index (Phi) is 4.85. The summed E-state index contributed by atoms with van der Waals surface area (Å²) in [6, 6.07) is 4.98. The molecule has 2 aromatic heterocycles. The van der Waals surface area contributed by atoms with Gasteiger partial charge >= 0.3 is 0 Å². The van der Waals surface area contributed by atoms with Gasteiger partial charge in [0.15, 0.2) is 0 Å². The molecule has 2 aliphatic rings. The third kappa shape index (κ3) is 3.49. The van der Waals surface area contributed by atoms with Crippen molar-refractivity contribution in [3.63, 3.8) is 0 Å². The number of nitrogens with one attached hydrogen (secondary N) is 1. The van der Waals surface area contributed by atoms with Crippen molar-refractivity contribution >= 4 is 16.5 Å². The van der Waals surface area contributed by atoms with Crippen molar-refractivity contribution in [3.05, 3.63) is 24.0 Å². The summed E-state index contributed by atoms with van der Waals surface area (Å²) >= 11 is 1.71. The SMILES string of the molecule is CC1CCN(c2nnc(-n3cccc3CNC3CCCC3)s2)CC1. The molecule has 0 atom stereocenters. The minimum atomic E-state index is 0.689. The molecule has 6 heteroatoms. The van der Waals surface area contributed by atoms with Gasteiger partial charge in [-0.3, -0.25) is 4.57 Å². The fourth-order valence-corrected chi connectivity index (χ4v) is 4.67. The standard InChI is InChI=1S/C18H27N5S/c1-14-8-11-22(12-9-14)17-20-21-18(24-17)23-10-4-7-16(23)13-19-15-5-2-3-6-15/h4,7,10,14-15,19H,2-3,5-6,8-9,11-13H2,1H3. The molecule has 5 nitrogen and oxygen atoms in total. The molecule has 2 aromatic rings. The van der Waals surface area contributed by atoms with E-state index in [0.717, 1.165) is 35.8 Å². The summed E-state index contributed by atoms with van der Waals surface area (Å²) in [6.07, 6.45) is 9.99. The van der Waals surface area contributed by atoms with E-state index < -0.39 is 0 Å². The Labute approximate surface area is 148 Å². The van der Waals surface area contributed by atoms with E-state index in [-0.39, 0.29) is 0 Å². The Morgan fingerprint density at radius 2 is 1.88 bits per heavy atom. The third-order valence-corrected chi connectivity index (χ3v) is 6.41. The first-order valence-electron chi connectivity index (χ1n) is 9.28. The van der Waals surface area contributed by atoms with Gasteiger partial charge in [0, 0.05) is 37.6 Å². The predicted molar refractivity (Wildman–Crippen MR) is 98.9 cm³/mol. The van der Waals surface area contributed by atoms with Crippen LogP contribution in [0.3, 0.4) is 0 Å². The average Bonchev–Trinajstić information content (AvgIpc) is 3.34. The Balaban J connectivity index is 1.43. The summed E-state index contributed by atoms with van der Waals surface area (Å²) in [5.74, 6) is 0.839. The molecule has 1 aliphatic heterocycles. The van der Waals surface area contributed by atoms with Crippen LogP contribution in [0.4, 0.5) is 5.13 Å². The van der Waals surface area contributed by atoms with E-state index in [2.05, 4.69) is 50.2 Å². The molecule has 1 saturated heterocycles. The Bertz CT molecular complexity index is 650. The van der Waals surface area contributed by atoms with Crippen LogP contribution in [0.2, 0.25) is 0 Å². The van der Waals surface area contributed by atoms with Crippen LogP contribution in [0.15, 0.2) is 18.3 Å². The van der Waals surface area contributed by atoms with Crippen LogP contribution in [0.5, 0.6) is 0 Å². The molecule has 3 heterocycles. The predicted octanol–water partition coefficient (Wildman–Crippen LogP) is 3.60. The summed E-state index contributed by atoms with van der Waals surface area (Å²) in [4.78, 5) is 2.39. The highest BCUT2D eigenvalue weighted by Crippen LogP contribution is 2.28. The summed E-state index contributed by atoms with van der Waals surface area (Å²) in [6.45, 7) is 5.47. The van der Waals surface area contributed by atoms with Gasteiger partial charge in [-0.2, -0.15) is 0 Å². The van der Waals surface area contributed by atoms with E-state index in [1.54, 1.807) is 11.3 Å². The molecule has 0 amide bonds. The van der Waals surface area contributed by atoms with E-state index in [0.29, 0.717) is 6.04 Å². The third-order valence-electron chi connectivity index (χ3n) is 5.42. The maximum Gasteiger partial charge on any atom is 0.218 e. The Morgan fingerprint density at radius 3 is 2.67 bits per heavy atom. The highest BCUT2D eigenvalue weighted by atomic mass is 32.1. The Morgan fingerprint density at radius 1 is 1.12 bits per heavy atom. The van der Waals surface area contributed by atoms with Gasteiger partial charge in [0.25, 0.3) is 0 Å². The summed E-state index contributed by atoms with van der Waals surface area (Å²) < 4.78 is 2.19. The van der Waals surface area contributed by atoms with E-state index in [1.807, 2.05) is 0 Å². The van der Waals surface area contributed by atoms with Crippen molar-refractivity contribution in [2.45, 2.75) is 58.0 Å². The normalized spacial score (nSPS) is 20.1. The van der Waals surface area contributed by atoms with Crippen molar-refractivity contribution in [2.75, 3.05) is 18.0 Å². The molecule has 0 aromatic carbocycles. The highest BCUT2D eigenvalue weighted by Gasteiger charge is 2.20. The van der Waals surface area contributed by atoms with Gasteiger partial charge in [-0.05, 0) is 43.7 Å². The maximum atomic E-state index is 4.46. The monoisotopic (exact) mass is 345 g/mol. The van der Waals surface area contributed by atoms with Gasteiger partial charge in [-0.1, -0.05) is 31.1 Å². The molecular formula is C18H27N5S. The molecule has 1 saturated carbocycles. The van der Waals surface area contributed by atoms with E-state index in [9.17, 15) is 0 Å². The maximum absolute atomic E-state index is 4.46. The van der Waals surface area contributed by atoms with Crippen molar-refractivity contribution < 1.29 is 0 Å². The zero-order chi connectivity index (χ0) is 16.4. The zero-order valence-electron chi connectivity index (χ0n) is 14.4. The second-order valence-corrected chi connectivity index (χ2v) is 8.20. The van der Waals surface area contributed by atoms with Gasteiger partial charge in [-0.25, -0.2) is 0 Å². The van der Waals surface area contributed by atoms with Gasteiger partial charge in [0.05, 0.1) is 0 Å². The Hall–Kier alpha value is -1.40. The van der Waals surface area contributed by atoms with E-state index in [4.69, 9.17) is 0 Å². The lowest BCUT2D eigenvalue weighted by Crippen LogP contribution is -2.32. The summed E-state index contributed by atoms with van der Waals surface area (Å²) in [5, 5.41) is 14.7. The lowest BCUT2D eigenvalue weighted by atomic mass is 10.00. The molecule has 0 spiro atoms. The molecule has 4 rings (SSSR count). The molecule has 1 N–H and O–H groups in total. The molecule has 1 aliphatic carbocycles. The molecule has 130 valence electrons. The van der Waals surface area contributed by atoms with Crippen molar-refractivity contribution in [3.8, 4) is 5.13 Å². The first-order valence-corrected chi connectivity index (χ1v) is 10.1. The molecule has 0 radical (unpaired) electrons. The number of rotatable bonds is 5. The van der Waals surface area contributed by atoms with Gasteiger partial charge in [0.2, 0.25) is 10.3 Å². The molecule has 0 bridgehead atoms. The van der Waals surface area contributed by atoms with E-state index >= 15 is 0 Å². The second-order valence-electron chi connectivity index (χ2n) is 7.27. The fraction of sp³-hybridized carbons (Fsp3) is 0.667. The number of anilines is 1. The number of aromatic nitrogens is 3. The minimum absolute atomic E-state index is 0.689. The molecular weight excluding hydrogens is 318 g/mol. The van der Waals surface area contributed by atoms with Crippen molar-refractivity contribution in [1.29, 1.82) is 0 Å². The van der Waals surface area contributed by atoms with Crippen LogP contribution in [-0.4, -0.2) is 33.9 Å². The van der Waals surface area contributed by atoms with Gasteiger partial charge < -0.3 is 10.2 Å². The number of piperidine rings is 1. The second kappa shape index (κ2) is 7.23. The van der Waals surface area contributed by atoms with Crippen LogP contribution in [0.25, 0.3) is 5.13 Å². The number of hydrogen-bond donors (Lipinski definition) is 1. The van der Waals surface area contributed by atoms with Crippen LogP contribution < -0.4 is 10.2 Å². The van der Waals surface area contributed by atoms with Gasteiger partial charge in [-0.15, -0.1) is 10.2 Å². The van der Waals surface area contributed by atoms with E-state index in [1.165, 1.54) is 44.2 Å². The van der Waals surface area contributed by atoms with Crippen LogP contribution in [-0.2, 0) is 6.54 Å². The molecule has 0 unspecified atom stereocenters. The number of nitrogens with zero attached hydrogens (tertiary/aromatic N) is 4. The number of hydrogen-bond acceptors (Lipinski definition) is 5. The molecule has 2 fully saturated rings. The van der Waals surface area contributed by atoms with Crippen molar-refractivity contribution in [1.82, 2.24) is 20.1 Å². The average molecular weight is 346 g/mol. The zero-order valence-corrected chi connectivity index (χ0v) is 15.3. The topological polar surface area (TPSA) is 46.0 Å². The smallest absolute Gasteiger partial charge is 0.218 e.